The summed E-state index contributed by atoms with van der Waals surface area (Å²) < 4.78 is 42.0. The van der Waals surface area contributed by atoms with Crippen LogP contribution < -0.4 is 0 Å². The molecule has 148 valence electrons. The van der Waals surface area contributed by atoms with Gasteiger partial charge < -0.3 is 4.40 Å². The molecular weight excluding hydrogens is 371 g/mol. The van der Waals surface area contributed by atoms with Crippen LogP contribution >= 0.6 is 0 Å². The number of aromatic nitrogens is 1. The van der Waals surface area contributed by atoms with E-state index in [0.717, 1.165) is 46.7 Å². The number of rotatable bonds is 4. The number of benzene rings is 2. The number of pyridine rings is 1. The van der Waals surface area contributed by atoms with Crippen molar-refractivity contribution in [2.24, 2.45) is 0 Å². The van der Waals surface area contributed by atoms with Crippen molar-refractivity contribution < 1.29 is 13.2 Å². The Hall–Kier alpha value is -3.01. The molecule has 0 fully saturated rings. The summed E-state index contributed by atoms with van der Waals surface area (Å²) in [5.74, 6) is 0. The van der Waals surface area contributed by atoms with Crippen LogP contribution in [0, 0.1) is 0 Å². The van der Waals surface area contributed by atoms with Gasteiger partial charge in [-0.05, 0) is 76.6 Å². The lowest BCUT2D eigenvalue weighted by molar-refractivity contribution is -0.137. The van der Waals surface area contributed by atoms with E-state index in [0.29, 0.717) is 5.56 Å². The van der Waals surface area contributed by atoms with Gasteiger partial charge in [-0.15, -0.1) is 0 Å². The van der Waals surface area contributed by atoms with E-state index in [2.05, 4.69) is 29.7 Å². The minimum absolute atomic E-state index is 0.594. The maximum absolute atomic E-state index is 13.3. The maximum Gasteiger partial charge on any atom is 0.416 e. The van der Waals surface area contributed by atoms with Gasteiger partial charge in [-0.3, -0.25) is 0 Å². The highest BCUT2D eigenvalue weighted by atomic mass is 19.4. The fourth-order valence-electron chi connectivity index (χ4n) is 3.86. The zero-order valence-electron chi connectivity index (χ0n) is 16.4. The average Bonchev–Trinajstić information content (AvgIpc) is 3.15. The first kappa shape index (κ1) is 19.3. The molecule has 0 amide bonds. The largest absolute Gasteiger partial charge is 0.416 e. The van der Waals surface area contributed by atoms with Crippen LogP contribution in [0.5, 0.6) is 0 Å². The molecule has 4 rings (SSSR count). The summed E-state index contributed by atoms with van der Waals surface area (Å²) >= 11 is 0. The van der Waals surface area contributed by atoms with E-state index in [1.165, 1.54) is 17.7 Å². The van der Waals surface area contributed by atoms with Gasteiger partial charge in [0.25, 0.3) is 0 Å². The van der Waals surface area contributed by atoms with Gasteiger partial charge in [0.15, 0.2) is 0 Å². The Labute approximate surface area is 168 Å². The predicted molar refractivity (Wildman–Crippen MR) is 112 cm³/mol. The predicted octanol–water partition coefficient (Wildman–Crippen LogP) is 7.42. The van der Waals surface area contributed by atoms with Gasteiger partial charge in [0.1, 0.15) is 0 Å². The number of halogens is 3. The van der Waals surface area contributed by atoms with E-state index in [9.17, 15) is 13.2 Å². The molecular formula is C25H22F3N. The normalized spacial score (nSPS) is 11.9. The molecule has 0 aliphatic heterocycles. The van der Waals surface area contributed by atoms with E-state index in [-0.39, 0.29) is 0 Å². The Morgan fingerprint density at radius 1 is 0.828 bits per heavy atom. The van der Waals surface area contributed by atoms with Gasteiger partial charge >= 0.3 is 6.18 Å². The van der Waals surface area contributed by atoms with Crippen molar-refractivity contribution in [3.63, 3.8) is 0 Å². The van der Waals surface area contributed by atoms with Crippen LogP contribution in [-0.2, 0) is 19.0 Å². The van der Waals surface area contributed by atoms with E-state index in [1.807, 2.05) is 37.4 Å². The number of alkyl halides is 3. The molecule has 0 atom stereocenters. The summed E-state index contributed by atoms with van der Waals surface area (Å²) in [5.41, 5.74) is 6.16. The molecule has 0 unspecified atom stereocenters. The minimum atomic E-state index is -4.36. The van der Waals surface area contributed by atoms with E-state index < -0.39 is 11.7 Å². The standard InChI is InChI=1S/C25H22F3N/c1-3-17-13-22-15-19(11-12-29(22)16-17)23-10-6-7-18(4-2)24(23)20-8-5-9-21(14-20)25(26,27)28/h5-16H,3-4H2,1-2H3. The molecule has 1 nitrogen and oxygen atoms in total. The van der Waals surface area contributed by atoms with Gasteiger partial charge in [0.2, 0.25) is 0 Å². The van der Waals surface area contributed by atoms with E-state index >= 15 is 0 Å². The Bertz CT molecular complexity index is 1170. The molecule has 0 aliphatic carbocycles. The monoisotopic (exact) mass is 393 g/mol. The van der Waals surface area contributed by atoms with Crippen LogP contribution in [0.25, 0.3) is 27.8 Å². The number of hydrogen-bond donors (Lipinski definition) is 0. The minimum Gasteiger partial charge on any atom is -0.324 e. The molecule has 0 saturated carbocycles. The Morgan fingerprint density at radius 3 is 2.34 bits per heavy atom. The lowest BCUT2D eigenvalue weighted by Crippen LogP contribution is -2.05. The van der Waals surface area contributed by atoms with Gasteiger partial charge in [-0.25, -0.2) is 0 Å². The molecule has 0 radical (unpaired) electrons. The fraction of sp³-hybridized carbons (Fsp3) is 0.200. The molecule has 0 spiro atoms. The number of aryl methyl sites for hydroxylation is 2. The van der Waals surface area contributed by atoms with Crippen molar-refractivity contribution in [3.8, 4) is 22.3 Å². The van der Waals surface area contributed by atoms with Crippen LogP contribution in [-0.4, -0.2) is 4.40 Å². The van der Waals surface area contributed by atoms with Gasteiger partial charge in [-0.2, -0.15) is 13.2 Å². The van der Waals surface area contributed by atoms with Crippen molar-refractivity contribution in [1.29, 1.82) is 0 Å². The van der Waals surface area contributed by atoms with E-state index in [4.69, 9.17) is 0 Å². The molecule has 4 aromatic rings. The highest BCUT2D eigenvalue weighted by Gasteiger charge is 2.30. The summed E-state index contributed by atoms with van der Waals surface area (Å²) in [6.07, 6.45) is 1.46. The number of nitrogens with zero attached hydrogens (tertiary/aromatic N) is 1. The first-order chi connectivity index (χ1) is 13.9. The Morgan fingerprint density at radius 2 is 1.62 bits per heavy atom. The third-order valence-corrected chi connectivity index (χ3v) is 5.38. The second kappa shape index (κ2) is 7.43. The van der Waals surface area contributed by atoms with Crippen LogP contribution in [0.3, 0.4) is 0 Å². The highest BCUT2D eigenvalue weighted by Crippen LogP contribution is 2.38. The third kappa shape index (κ3) is 3.67. The third-order valence-electron chi connectivity index (χ3n) is 5.38. The maximum atomic E-state index is 13.3. The summed E-state index contributed by atoms with van der Waals surface area (Å²) in [7, 11) is 0. The zero-order chi connectivity index (χ0) is 20.6. The smallest absolute Gasteiger partial charge is 0.324 e. The molecule has 0 N–H and O–H groups in total. The van der Waals surface area contributed by atoms with Crippen molar-refractivity contribution in [2.45, 2.75) is 32.9 Å². The summed E-state index contributed by atoms with van der Waals surface area (Å²) in [5, 5.41) is 0. The highest BCUT2D eigenvalue weighted by molar-refractivity contribution is 5.87. The quantitative estimate of drug-likeness (QED) is 0.340. The second-order valence-electron chi connectivity index (χ2n) is 7.22. The molecule has 2 aromatic carbocycles. The van der Waals surface area contributed by atoms with Crippen LogP contribution in [0.15, 0.2) is 73.1 Å². The SMILES string of the molecule is CCc1cc2cc(-c3cccc(CC)c3-c3cccc(C(F)(F)F)c3)ccn2c1. The van der Waals surface area contributed by atoms with Gasteiger partial charge in [0.05, 0.1) is 5.56 Å². The zero-order valence-corrected chi connectivity index (χ0v) is 16.4. The van der Waals surface area contributed by atoms with Crippen molar-refractivity contribution in [1.82, 2.24) is 4.40 Å². The topological polar surface area (TPSA) is 4.41 Å². The van der Waals surface area contributed by atoms with Gasteiger partial charge in [0, 0.05) is 17.9 Å². The van der Waals surface area contributed by atoms with Crippen LogP contribution in [0.4, 0.5) is 13.2 Å². The first-order valence-electron chi connectivity index (χ1n) is 9.81. The average molecular weight is 393 g/mol. The van der Waals surface area contributed by atoms with Crippen molar-refractivity contribution >= 4 is 5.52 Å². The molecule has 2 heterocycles. The molecule has 0 bridgehead atoms. The summed E-state index contributed by atoms with van der Waals surface area (Å²) in [4.78, 5) is 0. The van der Waals surface area contributed by atoms with E-state index in [1.54, 1.807) is 6.07 Å². The molecule has 29 heavy (non-hydrogen) atoms. The lowest BCUT2D eigenvalue weighted by Gasteiger charge is -2.17. The summed E-state index contributed by atoms with van der Waals surface area (Å²) in [6, 6.07) is 17.9. The molecule has 4 heteroatoms. The Kier molecular flexibility index (Phi) is 4.95. The van der Waals surface area contributed by atoms with Gasteiger partial charge in [-0.1, -0.05) is 44.2 Å². The molecule has 0 saturated heterocycles. The Balaban J connectivity index is 1.92. The lowest BCUT2D eigenvalue weighted by atomic mass is 9.89. The van der Waals surface area contributed by atoms with Crippen molar-refractivity contribution in [3.05, 3.63) is 89.7 Å². The van der Waals surface area contributed by atoms with Crippen LogP contribution in [0.2, 0.25) is 0 Å². The second-order valence-corrected chi connectivity index (χ2v) is 7.22. The number of fused-ring (bicyclic) bond motifs is 1. The molecule has 2 aromatic heterocycles. The summed E-state index contributed by atoms with van der Waals surface area (Å²) in [6.45, 7) is 4.14. The first-order valence-corrected chi connectivity index (χ1v) is 9.81. The van der Waals surface area contributed by atoms with Crippen molar-refractivity contribution in [2.75, 3.05) is 0 Å². The molecule has 0 aliphatic rings. The number of hydrogen-bond acceptors (Lipinski definition) is 0. The van der Waals surface area contributed by atoms with Crippen LogP contribution in [0.1, 0.15) is 30.5 Å². The fourth-order valence-corrected chi connectivity index (χ4v) is 3.86.